The van der Waals surface area contributed by atoms with Crippen molar-refractivity contribution in [1.29, 1.82) is 0 Å². The molecule has 0 amide bonds. The predicted molar refractivity (Wildman–Crippen MR) is 66.0 cm³/mol. The molecule has 1 fully saturated rings. The molecule has 0 spiro atoms. The number of fused-ring (bicyclic) bond motifs is 1. The summed E-state index contributed by atoms with van der Waals surface area (Å²) in [6, 6.07) is 0. The fourth-order valence-corrected chi connectivity index (χ4v) is 2.36. The Morgan fingerprint density at radius 1 is 1.47 bits per heavy atom. The van der Waals surface area contributed by atoms with Crippen LogP contribution in [-0.4, -0.2) is 48.0 Å². The number of aliphatic hydroxyl groups excluding tert-OH is 2. The van der Waals surface area contributed by atoms with Crippen molar-refractivity contribution in [2.24, 2.45) is 0 Å². The largest absolute Gasteiger partial charge is 0.391 e. The Balaban J connectivity index is 1.96. The molecule has 4 N–H and O–H groups in total. The fraction of sp³-hybridized carbons (Fsp3) is 0.545. The van der Waals surface area contributed by atoms with Crippen molar-refractivity contribution >= 4 is 17.0 Å². The fourth-order valence-electron chi connectivity index (χ4n) is 2.36. The molecule has 3 heterocycles. The van der Waals surface area contributed by atoms with Gasteiger partial charge < -0.3 is 20.7 Å². The van der Waals surface area contributed by atoms with E-state index in [-0.39, 0.29) is 0 Å². The van der Waals surface area contributed by atoms with E-state index in [9.17, 15) is 10.2 Å². The predicted octanol–water partition coefficient (Wildman–Crippen LogP) is -0.562. The number of nitrogen functional groups attached to an aromatic ring is 1. The summed E-state index contributed by atoms with van der Waals surface area (Å²) in [5.74, 6) is 0.300. The lowest BCUT2D eigenvalue weighted by atomic mass is 10.1. The maximum Gasteiger partial charge on any atom is 0.167 e. The molecule has 0 bridgehead atoms. The molecular weight excluding hydrogens is 250 g/mol. The highest BCUT2D eigenvalue weighted by Gasteiger charge is 2.38. The van der Waals surface area contributed by atoms with Crippen molar-refractivity contribution in [2.45, 2.75) is 37.9 Å². The summed E-state index contributed by atoms with van der Waals surface area (Å²) in [4.78, 5) is 12.1. The van der Waals surface area contributed by atoms with Crippen LogP contribution in [0.2, 0.25) is 0 Å². The SMILES string of the molecule is CC(O)C1OC(n2cnc3c(N)ncnc32)CC1O. The van der Waals surface area contributed by atoms with E-state index in [0.29, 0.717) is 23.4 Å². The zero-order valence-corrected chi connectivity index (χ0v) is 10.3. The summed E-state index contributed by atoms with van der Waals surface area (Å²) in [5.41, 5.74) is 6.77. The molecule has 3 rings (SSSR count). The molecule has 0 saturated carbocycles. The quantitative estimate of drug-likeness (QED) is 0.665. The van der Waals surface area contributed by atoms with Crippen LogP contribution in [0.3, 0.4) is 0 Å². The first kappa shape index (κ1) is 12.3. The second-order valence-corrected chi connectivity index (χ2v) is 4.68. The number of ether oxygens (including phenoxy) is 1. The highest BCUT2D eigenvalue weighted by Crippen LogP contribution is 2.32. The maximum absolute atomic E-state index is 9.88. The van der Waals surface area contributed by atoms with Crippen LogP contribution in [-0.2, 0) is 4.74 Å². The topological polar surface area (TPSA) is 119 Å². The maximum atomic E-state index is 9.88. The van der Waals surface area contributed by atoms with Crippen LogP contribution >= 0.6 is 0 Å². The third-order valence-corrected chi connectivity index (χ3v) is 3.31. The molecule has 2 aromatic rings. The molecule has 8 heteroatoms. The molecule has 1 saturated heterocycles. The Labute approximate surface area is 108 Å². The minimum atomic E-state index is -0.741. The van der Waals surface area contributed by atoms with Gasteiger partial charge in [0.1, 0.15) is 24.2 Å². The Kier molecular flexibility index (Phi) is 2.85. The summed E-state index contributed by atoms with van der Waals surface area (Å²) in [6.45, 7) is 1.59. The lowest BCUT2D eigenvalue weighted by Gasteiger charge is -2.17. The minimum absolute atomic E-state index is 0.300. The van der Waals surface area contributed by atoms with Crippen LogP contribution < -0.4 is 5.73 Å². The Bertz CT molecular complexity index is 599. The van der Waals surface area contributed by atoms with E-state index in [0.717, 1.165) is 0 Å². The van der Waals surface area contributed by atoms with Crippen molar-refractivity contribution in [3.05, 3.63) is 12.7 Å². The van der Waals surface area contributed by atoms with Gasteiger partial charge in [0.05, 0.1) is 18.5 Å². The highest BCUT2D eigenvalue weighted by molar-refractivity contribution is 5.81. The number of aromatic nitrogens is 4. The monoisotopic (exact) mass is 265 g/mol. The van der Waals surface area contributed by atoms with E-state index in [4.69, 9.17) is 10.5 Å². The van der Waals surface area contributed by atoms with E-state index in [2.05, 4.69) is 15.0 Å². The number of nitrogens with zero attached hydrogens (tertiary/aromatic N) is 4. The summed E-state index contributed by atoms with van der Waals surface area (Å²) in [5, 5.41) is 19.4. The third kappa shape index (κ3) is 1.93. The number of aliphatic hydroxyl groups is 2. The molecule has 8 nitrogen and oxygen atoms in total. The molecule has 4 atom stereocenters. The summed E-state index contributed by atoms with van der Waals surface area (Å²) < 4.78 is 7.34. The minimum Gasteiger partial charge on any atom is -0.391 e. The number of hydrogen-bond donors (Lipinski definition) is 3. The number of nitrogens with two attached hydrogens (primary N) is 1. The first-order valence-electron chi connectivity index (χ1n) is 6.02. The van der Waals surface area contributed by atoms with Crippen LogP contribution in [0.4, 0.5) is 5.82 Å². The Morgan fingerprint density at radius 2 is 2.26 bits per heavy atom. The number of rotatable bonds is 2. The summed E-state index contributed by atoms with van der Waals surface area (Å²) in [7, 11) is 0. The van der Waals surface area contributed by atoms with Gasteiger partial charge in [-0.3, -0.25) is 4.57 Å². The third-order valence-electron chi connectivity index (χ3n) is 3.31. The van der Waals surface area contributed by atoms with Crippen LogP contribution in [0.15, 0.2) is 12.7 Å². The van der Waals surface area contributed by atoms with E-state index in [1.54, 1.807) is 17.8 Å². The van der Waals surface area contributed by atoms with Gasteiger partial charge in [0, 0.05) is 6.42 Å². The van der Waals surface area contributed by atoms with Crippen molar-refractivity contribution in [2.75, 3.05) is 5.73 Å². The number of imidazole rings is 1. The molecule has 2 aromatic heterocycles. The first-order valence-corrected chi connectivity index (χ1v) is 6.02. The molecular formula is C11H15N5O3. The Morgan fingerprint density at radius 3 is 2.95 bits per heavy atom. The second-order valence-electron chi connectivity index (χ2n) is 4.68. The van der Waals surface area contributed by atoms with Crippen molar-refractivity contribution in [3.63, 3.8) is 0 Å². The number of hydrogen-bond acceptors (Lipinski definition) is 7. The van der Waals surface area contributed by atoms with Crippen molar-refractivity contribution in [1.82, 2.24) is 19.5 Å². The lowest BCUT2D eigenvalue weighted by molar-refractivity contribution is -0.0750. The van der Waals surface area contributed by atoms with E-state index in [1.165, 1.54) is 6.33 Å². The average molecular weight is 265 g/mol. The molecule has 1 aliphatic rings. The van der Waals surface area contributed by atoms with Crippen LogP contribution in [0.25, 0.3) is 11.2 Å². The van der Waals surface area contributed by atoms with Gasteiger partial charge in [-0.1, -0.05) is 0 Å². The van der Waals surface area contributed by atoms with E-state index < -0.39 is 24.5 Å². The first-order chi connectivity index (χ1) is 9.08. The normalized spacial score (nSPS) is 28.9. The van der Waals surface area contributed by atoms with Gasteiger partial charge in [-0.2, -0.15) is 0 Å². The standard InChI is InChI=1S/C11H15N5O3/c1-5(17)9-6(18)2-7(19-9)16-4-15-8-10(12)13-3-14-11(8)16/h3-7,9,17-18H,2H2,1H3,(H2,12,13,14). The molecule has 4 unspecified atom stereocenters. The van der Waals surface area contributed by atoms with Crippen LogP contribution in [0.5, 0.6) is 0 Å². The smallest absolute Gasteiger partial charge is 0.167 e. The van der Waals surface area contributed by atoms with Gasteiger partial charge in [0.2, 0.25) is 0 Å². The zero-order chi connectivity index (χ0) is 13.6. The lowest BCUT2D eigenvalue weighted by Crippen LogP contribution is -2.32. The second kappa shape index (κ2) is 4.41. The molecule has 0 aliphatic carbocycles. The van der Waals surface area contributed by atoms with Crippen molar-refractivity contribution < 1.29 is 14.9 Å². The van der Waals surface area contributed by atoms with Crippen LogP contribution in [0.1, 0.15) is 19.6 Å². The van der Waals surface area contributed by atoms with Gasteiger partial charge in [-0.05, 0) is 6.92 Å². The van der Waals surface area contributed by atoms with Gasteiger partial charge >= 0.3 is 0 Å². The van der Waals surface area contributed by atoms with Gasteiger partial charge in [0.15, 0.2) is 11.5 Å². The highest BCUT2D eigenvalue weighted by atomic mass is 16.5. The molecule has 0 radical (unpaired) electrons. The summed E-state index contributed by atoms with van der Waals surface area (Å²) in [6.07, 6.45) is 0.780. The molecule has 1 aliphatic heterocycles. The summed E-state index contributed by atoms with van der Waals surface area (Å²) >= 11 is 0. The van der Waals surface area contributed by atoms with Gasteiger partial charge in [-0.25, -0.2) is 15.0 Å². The average Bonchev–Trinajstić information content (AvgIpc) is 2.93. The van der Waals surface area contributed by atoms with Crippen LogP contribution in [0, 0.1) is 0 Å². The van der Waals surface area contributed by atoms with Crippen molar-refractivity contribution in [3.8, 4) is 0 Å². The molecule has 19 heavy (non-hydrogen) atoms. The molecule has 0 aromatic carbocycles. The van der Waals surface area contributed by atoms with Gasteiger partial charge in [0.25, 0.3) is 0 Å². The van der Waals surface area contributed by atoms with E-state index >= 15 is 0 Å². The van der Waals surface area contributed by atoms with Gasteiger partial charge in [-0.15, -0.1) is 0 Å². The van der Waals surface area contributed by atoms with E-state index in [1.807, 2.05) is 0 Å². The molecule has 102 valence electrons. The Hall–Kier alpha value is -1.77. The number of anilines is 1. The zero-order valence-electron chi connectivity index (χ0n) is 10.3.